The van der Waals surface area contributed by atoms with Gasteiger partial charge in [-0.1, -0.05) is 11.6 Å². The third-order valence-electron chi connectivity index (χ3n) is 1.89. The maximum atomic E-state index is 6.32. The van der Waals surface area contributed by atoms with Crippen molar-refractivity contribution < 1.29 is 0 Å². The van der Waals surface area contributed by atoms with Crippen LogP contribution in [0.15, 0.2) is 23.6 Å². The minimum atomic E-state index is -0.0579. The third-order valence-corrected chi connectivity index (χ3v) is 4.68. The molecule has 1 unspecified atom stereocenters. The molecule has 0 aromatic carbocycles. The molecular formula is C10H8Cl2S2. The second kappa shape index (κ2) is 4.23. The molecule has 0 amide bonds. The van der Waals surface area contributed by atoms with Gasteiger partial charge < -0.3 is 0 Å². The number of thiophene rings is 2. The van der Waals surface area contributed by atoms with Crippen LogP contribution in [0.5, 0.6) is 0 Å². The smallest absolute Gasteiger partial charge is 0.0936 e. The second-order valence-electron chi connectivity index (χ2n) is 3.00. The van der Waals surface area contributed by atoms with E-state index < -0.39 is 0 Å². The predicted octanol–water partition coefficient (Wildman–Crippen LogP) is 5.10. The molecule has 0 aliphatic heterocycles. The topological polar surface area (TPSA) is 0 Å². The molecule has 1 atom stereocenters. The minimum absolute atomic E-state index is 0.0579. The SMILES string of the molecule is Cc1cc(C(Cl)c2ccc(Cl)s2)cs1. The molecule has 2 rings (SSSR count). The maximum absolute atomic E-state index is 6.32. The Hall–Kier alpha value is -0.0200. The summed E-state index contributed by atoms with van der Waals surface area (Å²) in [5.74, 6) is 0. The van der Waals surface area contributed by atoms with E-state index in [-0.39, 0.29) is 5.38 Å². The monoisotopic (exact) mass is 262 g/mol. The highest BCUT2D eigenvalue weighted by atomic mass is 35.5. The van der Waals surface area contributed by atoms with Crippen molar-refractivity contribution >= 4 is 45.9 Å². The fourth-order valence-electron chi connectivity index (χ4n) is 1.23. The summed E-state index contributed by atoms with van der Waals surface area (Å²) in [6, 6.07) is 5.99. The Kier molecular flexibility index (Phi) is 3.17. The zero-order valence-electron chi connectivity index (χ0n) is 7.46. The number of rotatable bonds is 2. The number of alkyl halides is 1. The van der Waals surface area contributed by atoms with Crippen molar-refractivity contribution in [2.24, 2.45) is 0 Å². The standard InChI is InChI=1S/C10H8Cl2S2/c1-6-4-7(5-13-6)10(12)8-2-3-9(11)14-8/h2-5,10H,1H3. The molecule has 0 aliphatic rings. The summed E-state index contributed by atoms with van der Waals surface area (Å²) < 4.78 is 0.789. The van der Waals surface area contributed by atoms with Gasteiger partial charge in [0, 0.05) is 9.75 Å². The van der Waals surface area contributed by atoms with E-state index in [1.807, 2.05) is 12.1 Å². The number of halogens is 2. The van der Waals surface area contributed by atoms with Crippen LogP contribution in [-0.4, -0.2) is 0 Å². The zero-order chi connectivity index (χ0) is 10.1. The highest BCUT2D eigenvalue weighted by Crippen LogP contribution is 2.36. The molecule has 0 fully saturated rings. The van der Waals surface area contributed by atoms with Crippen LogP contribution in [0.2, 0.25) is 4.34 Å². The average Bonchev–Trinajstić information content (AvgIpc) is 2.73. The van der Waals surface area contributed by atoms with Gasteiger partial charge in [0.05, 0.1) is 9.71 Å². The zero-order valence-corrected chi connectivity index (χ0v) is 10.6. The van der Waals surface area contributed by atoms with Gasteiger partial charge in [0.1, 0.15) is 0 Å². The number of hydrogen-bond acceptors (Lipinski definition) is 2. The van der Waals surface area contributed by atoms with E-state index in [0.29, 0.717) is 0 Å². The molecule has 2 aromatic heterocycles. The first-order valence-corrected chi connectivity index (χ1v) is 6.62. The van der Waals surface area contributed by atoms with Gasteiger partial charge in [0.2, 0.25) is 0 Å². The Morgan fingerprint density at radius 1 is 1.36 bits per heavy atom. The molecule has 0 bridgehead atoms. The Morgan fingerprint density at radius 3 is 2.64 bits per heavy atom. The molecule has 14 heavy (non-hydrogen) atoms. The maximum Gasteiger partial charge on any atom is 0.0936 e. The van der Waals surface area contributed by atoms with E-state index in [9.17, 15) is 0 Å². The van der Waals surface area contributed by atoms with E-state index in [4.69, 9.17) is 23.2 Å². The van der Waals surface area contributed by atoms with Gasteiger partial charge in [0.15, 0.2) is 0 Å². The first-order valence-electron chi connectivity index (χ1n) is 4.11. The lowest BCUT2D eigenvalue weighted by molar-refractivity contribution is 1.20. The summed E-state index contributed by atoms with van der Waals surface area (Å²) in [5, 5.41) is 2.04. The number of aryl methyl sites for hydroxylation is 1. The normalized spacial score (nSPS) is 13.1. The molecule has 2 aromatic rings. The largest absolute Gasteiger partial charge is 0.149 e. The molecule has 74 valence electrons. The summed E-state index contributed by atoms with van der Waals surface area (Å²) >= 11 is 15.4. The van der Waals surface area contributed by atoms with E-state index in [1.165, 1.54) is 16.2 Å². The Balaban J connectivity index is 2.28. The van der Waals surface area contributed by atoms with Gasteiger partial charge in [-0.05, 0) is 36.1 Å². The van der Waals surface area contributed by atoms with Crippen molar-refractivity contribution in [1.29, 1.82) is 0 Å². The lowest BCUT2D eigenvalue weighted by Crippen LogP contribution is -1.85. The highest BCUT2D eigenvalue weighted by Gasteiger charge is 2.13. The highest BCUT2D eigenvalue weighted by molar-refractivity contribution is 7.16. The molecular weight excluding hydrogens is 255 g/mol. The van der Waals surface area contributed by atoms with Gasteiger partial charge in [-0.25, -0.2) is 0 Å². The van der Waals surface area contributed by atoms with Gasteiger partial charge in [-0.3, -0.25) is 0 Å². The molecule has 0 aliphatic carbocycles. The van der Waals surface area contributed by atoms with Crippen LogP contribution in [0.3, 0.4) is 0 Å². The van der Waals surface area contributed by atoms with Gasteiger partial charge in [-0.15, -0.1) is 34.3 Å². The van der Waals surface area contributed by atoms with Crippen molar-refractivity contribution in [3.05, 3.63) is 43.2 Å². The summed E-state index contributed by atoms with van der Waals surface area (Å²) in [4.78, 5) is 2.39. The fourth-order valence-corrected chi connectivity index (χ4v) is 3.43. The predicted molar refractivity (Wildman–Crippen MR) is 66.1 cm³/mol. The first kappa shape index (κ1) is 10.5. The first-order chi connectivity index (χ1) is 6.66. The van der Waals surface area contributed by atoms with E-state index in [0.717, 1.165) is 14.8 Å². The summed E-state index contributed by atoms with van der Waals surface area (Å²) in [6.45, 7) is 2.08. The third kappa shape index (κ3) is 2.14. The molecule has 0 radical (unpaired) electrons. The van der Waals surface area contributed by atoms with Gasteiger partial charge in [0.25, 0.3) is 0 Å². The van der Waals surface area contributed by atoms with Crippen molar-refractivity contribution in [3.8, 4) is 0 Å². The Bertz CT molecular complexity index is 391. The van der Waals surface area contributed by atoms with Crippen LogP contribution >= 0.6 is 45.9 Å². The second-order valence-corrected chi connectivity index (χ2v) is 6.29. The van der Waals surface area contributed by atoms with Crippen LogP contribution in [-0.2, 0) is 0 Å². The molecule has 0 nitrogen and oxygen atoms in total. The van der Waals surface area contributed by atoms with Crippen molar-refractivity contribution in [3.63, 3.8) is 0 Å². The summed E-state index contributed by atoms with van der Waals surface area (Å²) in [5.41, 5.74) is 1.16. The molecule has 2 heterocycles. The van der Waals surface area contributed by atoms with E-state index >= 15 is 0 Å². The minimum Gasteiger partial charge on any atom is -0.149 e. The van der Waals surface area contributed by atoms with E-state index in [2.05, 4.69) is 18.4 Å². The van der Waals surface area contributed by atoms with Crippen LogP contribution in [0.4, 0.5) is 0 Å². The molecule has 0 saturated carbocycles. The van der Waals surface area contributed by atoms with Crippen LogP contribution < -0.4 is 0 Å². The average molecular weight is 263 g/mol. The van der Waals surface area contributed by atoms with Crippen molar-refractivity contribution in [2.45, 2.75) is 12.3 Å². The Morgan fingerprint density at radius 2 is 2.14 bits per heavy atom. The van der Waals surface area contributed by atoms with Crippen molar-refractivity contribution in [1.82, 2.24) is 0 Å². The molecule has 0 saturated heterocycles. The quantitative estimate of drug-likeness (QED) is 0.661. The van der Waals surface area contributed by atoms with Crippen LogP contribution in [0, 0.1) is 6.92 Å². The number of hydrogen-bond donors (Lipinski definition) is 0. The van der Waals surface area contributed by atoms with Crippen LogP contribution in [0.25, 0.3) is 0 Å². The summed E-state index contributed by atoms with van der Waals surface area (Å²) in [6.07, 6.45) is 0. The van der Waals surface area contributed by atoms with Gasteiger partial charge >= 0.3 is 0 Å². The fraction of sp³-hybridized carbons (Fsp3) is 0.200. The summed E-state index contributed by atoms with van der Waals surface area (Å²) in [7, 11) is 0. The van der Waals surface area contributed by atoms with E-state index in [1.54, 1.807) is 11.3 Å². The van der Waals surface area contributed by atoms with Gasteiger partial charge in [-0.2, -0.15) is 0 Å². The lowest BCUT2D eigenvalue weighted by Gasteiger charge is -2.03. The molecule has 4 heteroatoms. The lowest BCUT2D eigenvalue weighted by atomic mass is 10.2. The van der Waals surface area contributed by atoms with Crippen LogP contribution in [0.1, 0.15) is 20.7 Å². The Labute approximate surface area is 101 Å². The molecule has 0 N–H and O–H groups in total. The van der Waals surface area contributed by atoms with Crippen molar-refractivity contribution in [2.75, 3.05) is 0 Å². The molecule has 0 spiro atoms.